The maximum atomic E-state index is 12.8. The molecule has 0 aliphatic rings. The Balaban J connectivity index is 1.58. The number of carbonyl (C=O) groups excluding carboxylic acids is 1. The molecule has 5 nitrogen and oxygen atoms in total. The first kappa shape index (κ1) is 20.2. The third kappa shape index (κ3) is 5.50. The summed E-state index contributed by atoms with van der Waals surface area (Å²) in [6, 6.07) is 13.9. The van der Waals surface area contributed by atoms with Gasteiger partial charge in [0.1, 0.15) is 0 Å². The van der Waals surface area contributed by atoms with Crippen molar-refractivity contribution in [1.29, 1.82) is 0 Å². The number of amides is 2. The molecule has 0 spiro atoms. The number of methoxy groups -OCH3 is 2. The predicted molar refractivity (Wildman–Crippen MR) is 115 cm³/mol. The van der Waals surface area contributed by atoms with Gasteiger partial charge in [0, 0.05) is 16.3 Å². The molecular formula is C21H24N2O3S2. The van der Waals surface area contributed by atoms with Gasteiger partial charge in [0.2, 0.25) is 0 Å². The number of nitrogens with one attached hydrogen (secondary N) is 1. The van der Waals surface area contributed by atoms with E-state index in [1.54, 1.807) is 36.9 Å². The van der Waals surface area contributed by atoms with Gasteiger partial charge in [-0.25, -0.2) is 4.79 Å². The van der Waals surface area contributed by atoms with Crippen molar-refractivity contribution in [1.82, 2.24) is 10.2 Å². The largest absolute Gasteiger partial charge is 0.493 e. The fraction of sp³-hybridized carbons (Fsp3) is 0.286. The molecule has 0 aliphatic carbocycles. The molecule has 148 valence electrons. The van der Waals surface area contributed by atoms with Crippen molar-refractivity contribution >= 4 is 28.7 Å². The Morgan fingerprint density at radius 1 is 0.964 bits per heavy atom. The van der Waals surface area contributed by atoms with Crippen LogP contribution in [0.25, 0.3) is 0 Å². The second-order valence-electron chi connectivity index (χ2n) is 6.19. The number of carbonyl (C=O) groups is 1. The Bertz CT molecular complexity index is 828. The van der Waals surface area contributed by atoms with Gasteiger partial charge in [0.15, 0.2) is 11.5 Å². The van der Waals surface area contributed by atoms with Gasteiger partial charge in [-0.05, 0) is 47.0 Å². The third-order valence-electron chi connectivity index (χ3n) is 4.28. The molecule has 0 saturated heterocycles. The van der Waals surface area contributed by atoms with Crippen LogP contribution in [-0.4, -0.2) is 31.7 Å². The molecule has 1 aromatic carbocycles. The van der Waals surface area contributed by atoms with Crippen LogP contribution < -0.4 is 14.8 Å². The summed E-state index contributed by atoms with van der Waals surface area (Å²) in [5.41, 5.74) is 1.08. The minimum absolute atomic E-state index is 0.0534. The fourth-order valence-corrected chi connectivity index (χ4v) is 4.28. The van der Waals surface area contributed by atoms with Gasteiger partial charge in [-0.3, -0.25) is 0 Å². The number of thiophene rings is 2. The van der Waals surface area contributed by atoms with E-state index in [-0.39, 0.29) is 6.03 Å². The van der Waals surface area contributed by atoms with Crippen LogP contribution in [0.1, 0.15) is 15.3 Å². The molecule has 2 amide bonds. The van der Waals surface area contributed by atoms with Crippen molar-refractivity contribution in [3.8, 4) is 11.5 Å². The Morgan fingerprint density at radius 2 is 1.61 bits per heavy atom. The topological polar surface area (TPSA) is 50.8 Å². The molecule has 2 heterocycles. The molecular weight excluding hydrogens is 392 g/mol. The second-order valence-corrected chi connectivity index (χ2v) is 8.25. The van der Waals surface area contributed by atoms with Gasteiger partial charge in [-0.15, -0.1) is 22.7 Å². The number of hydrogen-bond donors (Lipinski definition) is 1. The zero-order valence-electron chi connectivity index (χ0n) is 16.0. The highest BCUT2D eigenvalue weighted by Gasteiger charge is 2.15. The summed E-state index contributed by atoms with van der Waals surface area (Å²) in [7, 11) is 3.24. The number of urea groups is 1. The van der Waals surface area contributed by atoms with Crippen molar-refractivity contribution in [3.63, 3.8) is 0 Å². The molecule has 7 heteroatoms. The highest BCUT2D eigenvalue weighted by atomic mass is 32.1. The minimum atomic E-state index is -0.0534. The molecule has 2 aromatic heterocycles. The zero-order valence-corrected chi connectivity index (χ0v) is 17.6. The summed E-state index contributed by atoms with van der Waals surface area (Å²) in [5.74, 6) is 1.40. The monoisotopic (exact) mass is 416 g/mol. The zero-order chi connectivity index (χ0) is 19.8. The number of nitrogens with zero attached hydrogens (tertiary/aromatic N) is 1. The summed E-state index contributed by atoms with van der Waals surface area (Å²) in [4.78, 5) is 17.0. The average molecular weight is 417 g/mol. The summed E-state index contributed by atoms with van der Waals surface area (Å²) in [6.07, 6.45) is 0.720. The lowest BCUT2D eigenvalue weighted by molar-refractivity contribution is 0.193. The Labute approximate surface area is 173 Å². The molecule has 3 rings (SSSR count). The number of rotatable bonds is 9. The maximum Gasteiger partial charge on any atom is 0.318 e. The molecule has 0 unspecified atom stereocenters. The van der Waals surface area contributed by atoms with Gasteiger partial charge in [-0.1, -0.05) is 18.2 Å². The second kappa shape index (κ2) is 10.1. The SMILES string of the molecule is COc1ccc(CCNC(=O)N(Cc2cccs2)Cc2cccs2)cc1OC. The smallest absolute Gasteiger partial charge is 0.318 e. The van der Waals surface area contributed by atoms with Crippen LogP contribution in [-0.2, 0) is 19.5 Å². The van der Waals surface area contributed by atoms with Crippen LogP contribution in [0.2, 0.25) is 0 Å². The van der Waals surface area contributed by atoms with E-state index in [0.717, 1.165) is 12.0 Å². The third-order valence-corrected chi connectivity index (χ3v) is 6.00. The quantitative estimate of drug-likeness (QED) is 0.546. The lowest BCUT2D eigenvalue weighted by Gasteiger charge is -2.22. The van der Waals surface area contributed by atoms with Crippen LogP contribution >= 0.6 is 22.7 Å². The minimum Gasteiger partial charge on any atom is -0.493 e. The van der Waals surface area contributed by atoms with Gasteiger partial charge >= 0.3 is 6.03 Å². The van der Waals surface area contributed by atoms with Gasteiger partial charge in [0.25, 0.3) is 0 Å². The molecule has 0 radical (unpaired) electrons. The van der Waals surface area contributed by atoms with E-state index >= 15 is 0 Å². The van der Waals surface area contributed by atoms with Crippen LogP contribution in [0.3, 0.4) is 0 Å². The summed E-state index contributed by atoms with van der Waals surface area (Å²) >= 11 is 3.33. The van der Waals surface area contributed by atoms with E-state index in [4.69, 9.17) is 9.47 Å². The first-order valence-electron chi connectivity index (χ1n) is 8.98. The van der Waals surface area contributed by atoms with Gasteiger partial charge < -0.3 is 19.7 Å². The van der Waals surface area contributed by atoms with Crippen molar-refractivity contribution in [3.05, 3.63) is 68.5 Å². The van der Waals surface area contributed by atoms with E-state index < -0.39 is 0 Å². The molecule has 1 N–H and O–H groups in total. The first-order chi connectivity index (χ1) is 13.7. The summed E-state index contributed by atoms with van der Waals surface area (Å²) in [6.45, 7) is 1.77. The van der Waals surface area contributed by atoms with E-state index in [9.17, 15) is 4.79 Å². The van der Waals surface area contributed by atoms with Crippen LogP contribution in [0, 0.1) is 0 Å². The molecule has 0 atom stereocenters. The van der Waals surface area contributed by atoms with Crippen molar-refractivity contribution in [2.75, 3.05) is 20.8 Å². The van der Waals surface area contributed by atoms with Crippen LogP contribution in [0.15, 0.2) is 53.2 Å². The molecule has 0 saturated carbocycles. The Morgan fingerprint density at radius 3 is 2.14 bits per heavy atom. The van der Waals surface area contributed by atoms with Crippen molar-refractivity contribution in [2.24, 2.45) is 0 Å². The number of ether oxygens (including phenoxy) is 2. The molecule has 0 bridgehead atoms. The molecule has 3 aromatic rings. The first-order valence-corrected chi connectivity index (χ1v) is 10.7. The fourth-order valence-electron chi connectivity index (χ4n) is 2.84. The molecule has 28 heavy (non-hydrogen) atoms. The van der Waals surface area contributed by atoms with E-state index in [2.05, 4.69) is 17.4 Å². The molecule has 0 fully saturated rings. The predicted octanol–water partition coefficient (Wildman–Crippen LogP) is 4.78. The highest BCUT2D eigenvalue weighted by Crippen LogP contribution is 2.27. The van der Waals surface area contributed by atoms with Crippen molar-refractivity contribution in [2.45, 2.75) is 19.5 Å². The maximum absolute atomic E-state index is 12.8. The van der Waals surface area contributed by atoms with E-state index in [1.165, 1.54) is 9.75 Å². The lowest BCUT2D eigenvalue weighted by Crippen LogP contribution is -2.39. The number of benzene rings is 1. The lowest BCUT2D eigenvalue weighted by atomic mass is 10.1. The van der Waals surface area contributed by atoms with Gasteiger partial charge in [0.05, 0.1) is 27.3 Å². The van der Waals surface area contributed by atoms with Crippen molar-refractivity contribution < 1.29 is 14.3 Å². The highest BCUT2D eigenvalue weighted by molar-refractivity contribution is 7.10. The number of hydrogen-bond acceptors (Lipinski definition) is 5. The normalized spacial score (nSPS) is 10.5. The Kier molecular flexibility index (Phi) is 7.33. The van der Waals surface area contributed by atoms with Crippen LogP contribution in [0.5, 0.6) is 11.5 Å². The molecule has 0 aliphatic heterocycles. The summed E-state index contributed by atoms with van der Waals surface area (Å²) < 4.78 is 10.6. The van der Waals surface area contributed by atoms with E-state index in [0.29, 0.717) is 31.1 Å². The average Bonchev–Trinajstić information content (AvgIpc) is 3.41. The van der Waals surface area contributed by atoms with E-state index in [1.807, 2.05) is 46.0 Å². The standard InChI is InChI=1S/C21H24N2O3S2/c1-25-19-8-7-16(13-20(19)26-2)9-10-22-21(24)23(14-17-5-3-11-27-17)15-18-6-4-12-28-18/h3-8,11-13H,9-10,14-15H2,1-2H3,(H,22,24). The Hall–Kier alpha value is -2.51. The summed E-state index contributed by atoms with van der Waals surface area (Å²) in [5, 5.41) is 7.12. The van der Waals surface area contributed by atoms with Gasteiger partial charge in [-0.2, -0.15) is 0 Å². The van der Waals surface area contributed by atoms with Crippen LogP contribution in [0.4, 0.5) is 4.79 Å².